The first kappa shape index (κ1) is 24.1. The molecule has 2 aromatic rings. The second kappa shape index (κ2) is 11.9. The number of rotatable bonds is 10. The number of carbonyl (C=O) groups is 3. The van der Waals surface area contributed by atoms with Gasteiger partial charge in [0.15, 0.2) is 13.1 Å². The molecule has 7 heteroatoms. The fourth-order valence-electron chi connectivity index (χ4n) is 3.13. The highest BCUT2D eigenvalue weighted by Crippen LogP contribution is 2.13. The smallest absolute Gasteiger partial charge is 0.338 e. The topological polar surface area (TPSA) is 88.9 Å². The first-order valence-electron chi connectivity index (χ1n) is 10.6. The Morgan fingerprint density at radius 2 is 1.55 bits per heavy atom. The number of hydrogen-bond acceptors (Lipinski definition) is 4. The van der Waals surface area contributed by atoms with Crippen molar-refractivity contribution >= 4 is 29.2 Å². The predicted octanol–water partition coefficient (Wildman–Crippen LogP) is 2.43. The average molecular weight is 427 g/mol. The van der Waals surface area contributed by atoms with Crippen LogP contribution in [0, 0.1) is 6.92 Å². The van der Waals surface area contributed by atoms with Crippen LogP contribution < -0.4 is 15.5 Å². The first-order chi connectivity index (χ1) is 14.8. The highest BCUT2D eigenvalue weighted by molar-refractivity contribution is 5.94. The van der Waals surface area contributed by atoms with Gasteiger partial charge in [0.1, 0.15) is 0 Å². The molecule has 0 bridgehead atoms. The number of aryl methyl sites for hydroxylation is 1. The second-order valence-corrected chi connectivity index (χ2v) is 7.80. The fraction of sp³-hybridized carbons (Fsp3) is 0.375. The van der Waals surface area contributed by atoms with E-state index < -0.39 is 5.97 Å². The molecule has 7 nitrogen and oxygen atoms in total. The molecule has 166 valence electrons. The van der Waals surface area contributed by atoms with Crippen LogP contribution in [0.3, 0.4) is 0 Å². The van der Waals surface area contributed by atoms with Crippen molar-refractivity contribution < 1.29 is 24.0 Å². The van der Waals surface area contributed by atoms with Crippen LogP contribution in [0.2, 0.25) is 0 Å². The predicted molar refractivity (Wildman–Crippen MR) is 121 cm³/mol. The summed E-state index contributed by atoms with van der Waals surface area (Å²) in [6.45, 7) is 8.62. The molecule has 1 unspecified atom stereocenters. The van der Waals surface area contributed by atoms with Crippen LogP contribution >= 0.6 is 0 Å². The number of amides is 2. The number of para-hydroxylation sites is 1. The maximum Gasteiger partial charge on any atom is 0.338 e. The van der Waals surface area contributed by atoms with Crippen molar-refractivity contribution in [3.63, 3.8) is 0 Å². The van der Waals surface area contributed by atoms with Crippen LogP contribution in [0.25, 0.3) is 0 Å². The maximum atomic E-state index is 12.5. The highest BCUT2D eigenvalue weighted by atomic mass is 16.5. The lowest BCUT2D eigenvalue weighted by Gasteiger charge is -2.18. The molecule has 0 saturated carbocycles. The molecule has 3 N–H and O–H groups in total. The summed E-state index contributed by atoms with van der Waals surface area (Å²) >= 11 is 0. The Labute approximate surface area is 183 Å². The van der Waals surface area contributed by atoms with Gasteiger partial charge < -0.3 is 20.3 Å². The van der Waals surface area contributed by atoms with Crippen LogP contribution in [-0.2, 0) is 14.3 Å². The molecule has 0 aliphatic heterocycles. The molecule has 1 atom stereocenters. The number of hydrogen-bond donors (Lipinski definition) is 3. The lowest BCUT2D eigenvalue weighted by Crippen LogP contribution is -3.14. The van der Waals surface area contributed by atoms with Gasteiger partial charge in [-0.25, -0.2) is 4.79 Å². The Morgan fingerprint density at radius 3 is 2.13 bits per heavy atom. The number of esters is 1. The van der Waals surface area contributed by atoms with Crippen LogP contribution in [0.1, 0.15) is 43.1 Å². The summed E-state index contributed by atoms with van der Waals surface area (Å²) in [5.74, 6) is -0.714. The van der Waals surface area contributed by atoms with Crippen molar-refractivity contribution in [1.82, 2.24) is 0 Å². The van der Waals surface area contributed by atoms with E-state index in [1.165, 1.54) is 0 Å². The van der Waals surface area contributed by atoms with Gasteiger partial charge in [-0.2, -0.15) is 0 Å². The van der Waals surface area contributed by atoms with Crippen LogP contribution in [0.5, 0.6) is 0 Å². The molecule has 0 aliphatic rings. The molecule has 0 aliphatic carbocycles. The van der Waals surface area contributed by atoms with Gasteiger partial charge in [0.2, 0.25) is 0 Å². The molecule has 0 heterocycles. The average Bonchev–Trinajstić information content (AvgIpc) is 2.69. The summed E-state index contributed by atoms with van der Waals surface area (Å²) in [5.41, 5.74) is 2.79. The number of quaternary nitrogens is 1. The van der Waals surface area contributed by atoms with Crippen LogP contribution in [0.15, 0.2) is 48.5 Å². The lowest BCUT2D eigenvalue weighted by molar-refractivity contribution is -0.883. The highest BCUT2D eigenvalue weighted by Gasteiger charge is 2.18. The summed E-state index contributed by atoms with van der Waals surface area (Å²) in [6, 6.07) is 14.2. The zero-order valence-electron chi connectivity index (χ0n) is 18.7. The van der Waals surface area contributed by atoms with E-state index in [-0.39, 0.29) is 31.0 Å². The van der Waals surface area contributed by atoms with Crippen molar-refractivity contribution in [2.45, 2.75) is 40.2 Å². The summed E-state index contributed by atoms with van der Waals surface area (Å²) < 4.78 is 5.16. The zero-order chi connectivity index (χ0) is 22.8. The summed E-state index contributed by atoms with van der Waals surface area (Å²) in [6.07, 6.45) is 0.662. The van der Waals surface area contributed by atoms with Crippen molar-refractivity contribution in [1.29, 1.82) is 0 Å². The van der Waals surface area contributed by atoms with E-state index in [4.69, 9.17) is 4.74 Å². The maximum absolute atomic E-state index is 12.5. The van der Waals surface area contributed by atoms with Crippen molar-refractivity contribution in [3.05, 3.63) is 59.7 Å². The first-order valence-corrected chi connectivity index (χ1v) is 10.6. The standard InChI is InChI=1S/C24H31N3O4/c1-5-14-27(16-23(29)26-21-9-7-6-8-18(21)4)15-22(28)25-20-12-10-19(11-13-20)24(30)31-17(2)3/h6-13,17H,5,14-16H2,1-4H3,(H,25,28)(H,26,29)/p+1. The van der Waals surface area contributed by atoms with E-state index in [0.717, 1.165) is 22.6 Å². The normalized spacial score (nSPS) is 11.6. The molecular formula is C24H32N3O4+. The third kappa shape index (κ3) is 8.22. The second-order valence-electron chi connectivity index (χ2n) is 7.80. The Balaban J connectivity index is 1.90. The van der Waals surface area contributed by atoms with Crippen molar-refractivity contribution in [3.8, 4) is 0 Å². The number of ether oxygens (including phenoxy) is 1. The van der Waals surface area contributed by atoms with Gasteiger partial charge in [0.25, 0.3) is 11.8 Å². The molecule has 2 aromatic carbocycles. The minimum Gasteiger partial charge on any atom is -0.459 e. The minimum atomic E-state index is -0.397. The van der Waals surface area contributed by atoms with E-state index >= 15 is 0 Å². The van der Waals surface area contributed by atoms with Gasteiger partial charge in [-0.15, -0.1) is 0 Å². The molecule has 0 spiro atoms. The number of carbonyl (C=O) groups excluding carboxylic acids is 3. The molecule has 0 saturated heterocycles. The SMILES string of the molecule is CCC[NH+](CC(=O)Nc1ccc(C(=O)OC(C)C)cc1)CC(=O)Nc1ccccc1C. The van der Waals surface area contributed by atoms with Gasteiger partial charge in [0, 0.05) is 11.4 Å². The third-order valence-corrected chi connectivity index (χ3v) is 4.59. The molecule has 0 aromatic heterocycles. The Hall–Kier alpha value is -3.19. The van der Waals surface area contributed by atoms with E-state index in [0.29, 0.717) is 17.8 Å². The number of benzene rings is 2. The van der Waals surface area contributed by atoms with E-state index in [2.05, 4.69) is 10.6 Å². The largest absolute Gasteiger partial charge is 0.459 e. The molecule has 2 rings (SSSR count). The van der Waals surface area contributed by atoms with Crippen molar-refractivity contribution in [2.75, 3.05) is 30.3 Å². The van der Waals surface area contributed by atoms with Gasteiger partial charge >= 0.3 is 5.97 Å². The minimum absolute atomic E-state index is 0.126. The summed E-state index contributed by atoms with van der Waals surface area (Å²) in [4.78, 5) is 37.7. The molecule has 0 radical (unpaired) electrons. The Kier molecular flexibility index (Phi) is 9.21. The Morgan fingerprint density at radius 1 is 0.935 bits per heavy atom. The molecule has 31 heavy (non-hydrogen) atoms. The Bertz CT molecular complexity index is 894. The van der Waals surface area contributed by atoms with Gasteiger partial charge in [-0.1, -0.05) is 25.1 Å². The van der Waals surface area contributed by atoms with Crippen molar-refractivity contribution in [2.24, 2.45) is 0 Å². The molecule has 0 fully saturated rings. The summed E-state index contributed by atoms with van der Waals surface area (Å²) in [7, 11) is 0. The summed E-state index contributed by atoms with van der Waals surface area (Å²) in [5, 5.41) is 5.74. The number of nitrogens with one attached hydrogen (secondary N) is 3. The quantitative estimate of drug-likeness (QED) is 0.509. The van der Waals surface area contributed by atoms with Gasteiger partial charge in [0.05, 0.1) is 18.2 Å². The monoisotopic (exact) mass is 426 g/mol. The van der Waals surface area contributed by atoms with Crippen LogP contribution in [0.4, 0.5) is 11.4 Å². The molecule has 2 amide bonds. The van der Waals surface area contributed by atoms with Gasteiger partial charge in [-0.05, 0) is 63.1 Å². The van der Waals surface area contributed by atoms with Crippen LogP contribution in [-0.4, -0.2) is 43.5 Å². The lowest BCUT2D eigenvalue weighted by atomic mass is 10.2. The number of anilines is 2. The van der Waals surface area contributed by atoms with Gasteiger partial charge in [-0.3, -0.25) is 9.59 Å². The van der Waals surface area contributed by atoms with E-state index in [1.807, 2.05) is 38.1 Å². The fourth-order valence-corrected chi connectivity index (χ4v) is 3.13. The van der Waals surface area contributed by atoms with E-state index in [1.54, 1.807) is 38.1 Å². The van der Waals surface area contributed by atoms with E-state index in [9.17, 15) is 14.4 Å². The molecular weight excluding hydrogens is 394 g/mol. The zero-order valence-corrected chi connectivity index (χ0v) is 18.7. The third-order valence-electron chi connectivity index (χ3n) is 4.59.